The van der Waals surface area contributed by atoms with Gasteiger partial charge in [-0.15, -0.1) is 0 Å². The average molecular weight is 428 g/mol. The Bertz CT molecular complexity index is 847. The van der Waals surface area contributed by atoms with Crippen molar-refractivity contribution >= 4 is 5.96 Å². The fourth-order valence-electron chi connectivity index (χ4n) is 3.82. The smallest absolute Gasteiger partial charge is 0.194 e. The topological polar surface area (TPSA) is 75.6 Å². The molecule has 1 heterocycles. The number of hydrogen-bond acceptors (Lipinski definition) is 5. The third-order valence-corrected chi connectivity index (χ3v) is 5.58. The lowest BCUT2D eigenvalue weighted by Crippen LogP contribution is -2.40. The number of ether oxygens (including phenoxy) is 3. The molecule has 31 heavy (non-hydrogen) atoms. The first-order valence-corrected chi connectivity index (χ1v) is 10.7. The fourth-order valence-corrected chi connectivity index (χ4v) is 3.82. The summed E-state index contributed by atoms with van der Waals surface area (Å²) in [6.07, 6.45) is 0.350. The largest absolute Gasteiger partial charge is 0.497 e. The van der Waals surface area contributed by atoms with Gasteiger partial charge in [-0.05, 0) is 48.7 Å². The molecule has 2 atom stereocenters. The first-order chi connectivity index (χ1) is 15.1. The maximum atomic E-state index is 10.6. The minimum absolute atomic E-state index is 0.294. The van der Waals surface area contributed by atoms with E-state index in [1.165, 1.54) is 5.56 Å². The fraction of sp³-hybridized carbons (Fsp3) is 0.458. The van der Waals surface area contributed by atoms with Crippen molar-refractivity contribution in [1.82, 2.24) is 10.2 Å². The van der Waals surface area contributed by atoms with Gasteiger partial charge in [0.15, 0.2) is 5.96 Å². The molecule has 1 saturated heterocycles. The molecule has 1 aliphatic rings. The van der Waals surface area contributed by atoms with Gasteiger partial charge in [0.25, 0.3) is 0 Å². The van der Waals surface area contributed by atoms with E-state index < -0.39 is 6.10 Å². The van der Waals surface area contributed by atoms with E-state index in [9.17, 15) is 5.11 Å². The molecule has 168 valence electrons. The molecule has 0 saturated carbocycles. The average Bonchev–Trinajstić information content (AvgIpc) is 3.31. The minimum Gasteiger partial charge on any atom is -0.497 e. The Morgan fingerprint density at radius 2 is 1.71 bits per heavy atom. The van der Waals surface area contributed by atoms with Crippen molar-refractivity contribution in [2.75, 3.05) is 47.5 Å². The number of rotatable bonds is 8. The van der Waals surface area contributed by atoms with Crippen LogP contribution in [0.5, 0.6) is 17.2 Å². The Morgan fingerprint density at radius 3 is 2.29 bits per heavy atom. The Balaban J connectivity index is 1.69. The third kappa shape index (κ3) is 5.82. The van der Waals surface area contributed by atoms with E-state index in [0.29, 0.717) is 12.5 Å². The van der Waals surface area contributed by atoms with Crippen molar-refractivity contribution in [1.29, 1.82) is 0 Å². The third-order valence-electron chi connectivity index (χ3n) is 5.58. The number of hydrogen-bond donors (Lipinski definition) is 2. The molecule has 1 aliphatic heterocycles. The number of aliphatic imine (C=N–C) groups is 1. The summed E-state index contributed by atoms with van der Waals surface area (Å²) in [5, 5.41) is 13.9. The second kappa shape index (κ2) is 10.9. The van der Waals surface area contributed by atoms with Crippen molar-refractivity contribution in [3.63, 3.8) is 0 Å². The van der Waals surface area contributed by atoms with Gasteiger partial charge in [0, 0.05) is 31.6 Å². The molecule has 0 aliphatic carbocycles. The molecule has 0 radical (unpaired) electrons. The lowest BCUT2D eigenvalue weighted by atomic mass is 9.98. The number of aliphatic hydroxyl groups is 1. The van der Waals surface area contributed by atoms with E-state index in [0.717, 1.165) is 54.8 Å². The predicted molar refractivity (Wildman–Crippen MR) is 122 cm³/mol. The zero-order valence-electron chi connectivity index (χ0n) is 18.8. The van der Waals surface area contributed by atoms with Gasteiger partial charge in [0.2, 0.25) is 0 Å². The maximum Gasteiger partial charge on any atom is 0.194 e. The van der Waals surface area contributed by atoms with Crippen LogP contribution >= 0.6 is 0 Å². The molecule has 0 aromatic heterocycles. The van der Waals surface area contributed by atoms with Crippen LogP contribution in [0.2, 0.25) is 0 Å². The predicted octanol–water partition coefficient (Wildman–Crippen LogP) is 3.20. The van der Waals surface area contributed by atoms with Gasteiger partial charge in [-0.25, -0.2) is 0 Å². The molecule has 2 aromatic carbocycles. The number of nitrogens with zero attached hydrogens (tertiary/aromatic N) is 2. The van der Waals surface area contributed by atoms with Crippen LogP contribution in [-0.2, 0) is 0 Å². The van der Waals surface area contributed by atoms with Crippen LogP contribution in [0, 0.1) is 0 Å². The van der Waals surface area contributed by atoms with Gasteiger partial charge in [-0.3, -0.25) is 4.99 Å². The van der Waals surface area contributed by atoms with Crippen LogP contribution in [0.1, 0.15) is 36.5 Å². The Labute approximate surface area is 184 Å². The Hall–Kier alpha value is -2.93. The van der Waals surface area contributed by atoms with Crippen LogP contribution in [0.25, 0.3) is 0 Å². The van der Waals surface area contributed by atoms with Crippen LogP contribution in [0.3, 0.4) is 0 Å². The molecule has 2 unspecified atom stereocenters. The van der Waals surface area contributed by atoms with Gasteiger partial charge in [0.1, 0.15) is 17.2 Å². The molecule has 7 nitrogen and oxygen atoms in total. The van der Waals surface area contributed by atoms with Crippen molar-refractivity contribution in [3.8, 4) is 17.2 Å². The van der Waals surface area contributed by atoms with Crippen LogP contribution in [-0.4, -0.2) is 63.5 Å². The van der Waals surface area contributed by atoms with Gasteiger partial charge < -0.3 is 29.5 Å². The number of likely N-dealkylation sites (tertiary alicyclic amines) is 1. The van der Waals surface area contributed by atoms with Gasteiger partial charge in [-0.2, -0.15) is 0 Å². The second-order valence-electron chi connectivity index (χ2n) is 7.56. The van der Waals surface area contributed by atoms with Gasteiger partial charge in [-0.1, -0.05) is 12.1 Å². The number of benzene rings is 2. The standard InChI is InChI=1S/C24H33N3O4/c1-5-25-24(26-15-23(28)17-6-8-20(29-2)9-7-17)27-11-10-18(16-27)19-12-21(30-3)14-22(13-19)31-4/h6-9,12-14,18,23,28H,5,10-11,15-16H2,1-4H3,(H,25,26). The normalized spacial score (nSPS) is 17.4. The van der Waals surface area contributed by atoms with Gasteiger partial charge in [0.05, 0.1) is 34.0 Å². The molecular weight excluding hydrogens is 394 g/mol. The molecule has 0 amide bonds. The quantitative estimate of drug-likeness (QED) is 0.498. The molecule has 2 aromatic rings. The Morgan fingerprint density at radius 1 is 1.06 bits per heavy atom. The summed E-state index contributed by atoms with van der Waals surface area (Å²) in [4.78, 5) is 6.96. The number of aliphatic hydroxyl groups excluding tert-OH is 1. The van der Waals surface area contributed by atoms with E-state index in [4.69, 9.17) is 19.2 Å². The van der Waals surface area contributed by atoms with Crippen LogP contribution in [0.4, 0.5) is 0 Å². The molecule has 3 rings (SSSR count). The van der Waals surface area contributed by atoms with E-state index in [-0.39, 0.29) is 0 Å². The SMILES string of the molecule is CCNC(=NCC(O)c1ccc(OC)cc1)N1CCC(c2cc(OC)cc(OC)c2)C1. The highest BCUT2D eigenvalue weighted by Crippen LogP contribution is 2.33. The number of methoxy groups -OCH3 is 3. The summed E-state index contributed by atoms with van der Waals surface area (Å²) >= 11 is 0. The molecule has 1 fully saturated rings. The lowest BCUT2D eigenvalue weighted by Gasteiger charge is -2.22. The highest BCUT2D eigenvalue weighted by atomic mass is 16.5. The summed E-state index contributed by atoms with van der Waals surface area (Å²) in [5.41, 5.74) is 2.02. The van der Waals surface area contributed by atoms with E-state index in [1.54, 1.807) is 21.3 Å². The van der Waals surface area contributed by atoms with E-state index >= 15 is 0 Å². The number of guanidine groups is 1. The summed E-state index contributed by atoms with van der Waals surface area (Å²) in [5.74, 6) is 3.56. The van der Waals surface area contributed by atoms with Crippen LogP contribution in [0.15, 0.2) is 47.5 Å². The van der Waals surface area contributed by atoms with Crippen molar-refractivity contribution in [2.45, 2.75) is 25.4 Å². The highest BCUT2D eigenvalue weighted by Gasteiger charge is 2.27. The zero-order valence-corrected chi connectivity index (χ0v) is 18.8. The minimum atomic E-state index is -0.666. The van der Waals surface area contributed by atoms with E-state index in [1.807, 2.05) is 30.3 Å². The lowest BCUT2D eigenvalue weighted by molar-refractivity contribution is 0.186. The van der Waals surface area contributed by atoms with Crippen molar-refractivity contribution in [2.24, 2.45) is 4.99 Å². The molecule has 0 spiro atoms. The summed E-state index contributed by atoms with van der Waals surface area (Å²) in [6, 6.07) is 13.5. The first kappa shape index (κ1) is 22.7. The van der Waals surface area contributed by atoms with Crippen molar-refractivity contribution < 1.29 is 19.3 Å². The first-order valence-electron chi connectivity index (χ1n) is 10.7. The zero-order chi connectivity index (χ0) is 22.2. The summed E-state index contributed by atoms with van der Waals surface area (Å²) < 4.78 is 16.0. The van der Waals surface area contributed by atoms with Crippen LogP contribution < -0.4 is 19.5 Å². The summed E-state index contributed by atoms with van der Waals surface area (Å²) in [6.45, 7) is 4.86. The molecule has 0 bridgehead atoms. The molecule has 2 N–H and O–H groups in total. The van der Waals surface area contributed by atoms with Crippen molar-refractivity contribution in [3.05, 3.63) is 53.6 Å². The van der Waals surface area contributed by atoms with E-state index in [2.05, 4.69) is 29.3 Å². The molecular formula is C24H33N3O4. The second-order valence-corrected chi connectivity index (χ2v) is 7.56. The molecule has 7 heteroatoms. The summed E-state index contributed by atoms with van der Waals surface area (Å²) in [7, 11) is 4.97. The monoisotopic (exact) mass is 427 g/mol. The highest BCUT2D eigenvalue weighted by molar-refractivity contribution is 5.80. The number of nitrogens with one attached hydrogen (secondary N) is 1. The van der Waals surface area contributed by atoms with Gasteiger partial charge >= 0.3 is 0 Å². The maximum absolute atomic E-state index is 10.6. The Kier molecular flexibility index (Phi) is 8.00.